The van der Waals surface area contributed by atoms with Crippen molar-refractivity contribution in [1.82, 2.24) is 0 Å². The Bertz CT molecular complexity index is 459. The highest BCUT2D eigenvalue weighted by Gasteiger charge is 2.22. The second kappa shape index (κ2) is 5.36. The van der Waals surface area contributed by atoms with Crippen molar-refractivity contribution in [2.45, 2.75) is 53.4 Å². The van der Waals surface area contributed by atoms with Crippen LogP contribution in [0, 0.1) is 5.41 Å². The Labute approximate surface area is 117 Å². The molecule has 1 aromatic carbocycles. The first-order valence-electron chi connectivity index (χ1n) is 6.76. The van der Waals surface area contributed by atoms with Crippen LogP contribution in [-0.2, 0) is 5.41 Å². The van der Waals surface area contributed by atoms with E-state index in [-0.39, 0.29) is 16.6 Å². The molecule has 2 nitrogen and oxygen atoms in total. The summed E-state index contributed by atoms with van der Waals surface area (Å²) in [6.45, 7) is 12.6. The second-order valence-electron chi connectivity index (χ2n) is 7.33. The van der Waals surface area contributed by atoms with Gasteiger partial charge in [0.25, 0.3) is 0 Å². The number of hydrogen-bond acceptors (Lipinski definition) is 2. The van der Waals surface area contributed by atoms with Gasteiger partial charge in [-0.05, 0) is 22.5 Å². The van der Waals surface area contributed by atoms with Gasteiger partial charge in [-0.15, -0.1) is 0 Å². The van der Waals surface area contributed by atoms with Gasteiger partial charge < -0.3 is 4.74 Å². The van der Waals surface area contributed by atoms with Gasteiger partial charge in [-0.3, -0.25) is 4.79 Å². The minimum Gasteiger partial charge on any atom is -0.496 e. The van der Waals surface area contributed by atoms with Gasteiger partial charge in [0.2, 0.25) is 0 Å². The molecule has 1 aromatic rings. The summed E-state index contributed by atoms with van der Waals surface area (Å²) in [7, 11) is 1.66. The predicted molar refractivity (Wildman–Crippen MR) is 80.1 cm³/mol. The van der Waals surface area contributed by atoms with Gasteiger partial charge in [-0.1, -0.05) is 53.7 Å². The topological polar surface area (TPSA) is 26.3 Å². The Balaban J connectivity index is 3.11. The standard InChI is InChI=1S/C17H26O2/c1-16(2,3)11-14(18)12-8-9-13(17(4,5)6)15(10-12)19-7/h8-10H,11H2,1-7H3. The van der Waals surface area contributed by atoms with Crippen molar-refractivity contribution in [2.24, 2.45) is 5.41 Å². The summed E-state index contributed by atoms with van der Waals surface area (Å²) in [5.74, 6) is 0.971. The number of Topliss-reactive ketones (excluding diaryl/α,β-unsaturated/α-hetero) is 1. The first kappa shape index (κ1) is 15.7. The molecule has 0 saturated heterocycles. The van der Waals surface area contributed by atoms with E-state index in [4.69, 9.17) is 4.74 Å². The van der Waals surface area contributed by atoms with Gasteiger partial charge in [0, 0.05) is 12.0 Å². The molecule has 0 bridgehead atoms. The first-order valence-corrected chi connectivity index (χ1v) is 6.76. The third-order valence-electron chi connectivity index (χ3n) is 3.02. The van der Waals surface area contributed by atoms with Crippen LogP contribution in [-0.4, -0.2) is 12.9 Å². The van der Waals surface area contributed by atoms with Crippen molar-refractivity contribution >= 4 is 5.78 Å². The number of rotatable bonds is 3. The lowest BCUT2D eigenvalue weighted by Crippen LogP contribution is -2.15. The van der Waals surface area contributed by atoms with Crippen molar-refractivity contribution in [1.29, 1.82) is 0 Å². The van der Waals surface area contributed by atoms with Gasteiger partial charge in [0.05, 0.1) is 7.11 Å². The molecule has 0 radical (unpaired) electrons. The summed E-state index contributed by atoms with van der Waals surface area (Å²) in [5, 5.41) is 0. The third-order valence-corrected chi connectivity index (χ3v) is 3.02. The molecule has 0 aliphatic heterocycles. The van der Waals surface area contributed by atoms with Crippen LogP contribution < -0.4 is 4.74 Å². The molecule has 0 atom stereocenters. The number of hydrogen-bond donors (Lipinski definition) is 0. The third kappa shape index (κ3) is 4.38. The molecule has 19 heavy (non-hydrogen) atoms. The average Bonchev–Trinajstić information content (AvgIpc) is 2.24. The molecule has 106 valence electrons. The molecule has 0 spiro atoms. The van der Waals surface area contributed by atoms with E-state index in [0.29, 0.717) is 6.42 Å². The van der Waals surface area contributed by atoms with Crippen molar-refractivity contribution in [3.05, 3.63) is 29.3 Å². The van der Waals surface area contributed by atoms with Gasteiger partial charge in [0.15, 0.2) is 5.78 Å². The number of carbonyl (C=O) groups excluding carboxylic acids is 1. The smallest absolute Gasteiger partial charge is 0.163 e. The lowest BCUT2D eigenvalue weighted by atomic mass is 9.84. The molecular weight excluding hydrogens is 236 g/mol. The Morgan fingerprint density at radius 2 is 1.68 bits per heavy atom. The van der Waals surface area contributed by atoms with Crippen LogP contribution in [0.3, 0.4) is 0 Å². The summed E-state index contributed by atoms with van der Waals surface area (Å²) in [6.07, 6.45) is 0.547. The lowest BCUT2D eigenvalue weighted by Gasteiger charge is -2.23. The number of carbonyl (C=O) groups is 1. The molecule has 0 aliphatic rings. The van der Waals surface area contributed by atoms with Crippen LogP contribution >= 0.6 is 0 Å². The Hall–Kier alpha value is -1.31. The van der Waals surface area contributed by atoms with E-state index in [9.17, 15) is 4.79 Å². The van der Waals surface area contributed by atoms with Crippen molar-refractivity contribution in [2.75, 3.05) is 7.11 Å². The molecule has 0 N–H and O–H groups in total. The number of ether oxygens (including phenoxy) is 1. The highest BCUT2D eigenvalue weighted by molar-refractivity contribution is 5.97. The summed E-state index contributed by atoms with van der Waals surface area (Å²) >= 11 is 0. The van der Waals surface area contributed by atoms with Gasteiger partial charge in [-0.25, -0.2) is 0 Å². The van der Waals surface area contributed by atoms with Crippen LogP contribution in [0.15, 0.2) is 18.2 Å². The van der Waals surface area contributed by atoms with Crippen LogP contribution in [0.1, 0.15) is 63.9 Å². The van der Waals surface area contributed by atoms with Crippen LogP contribution in [0.4, 0.5) is 0 Å². The van der Waals surface area contributed by atoms with E-state index in [1.54, 1.807) is 7.11 Å². The normalized spacial score (nSPS) is 12.4. The molecule has 0 fully saturated rings. The van der Waals surface area contributed by atoms with Crippen LogP contribution in [0.5, 0.6) is 5.75 Å². The second-order valence-corrected chi connectivity index (χ2v) is 7.33. The molecule has 0 unspecified atom stereocenters. The van der Waals surface area contributed by atoms with Gasteiger partial charge in [0.1, 0.15) is 5.75 Å². The predicted octanol–water partition coefficient (Wildman–Crippen LogP) is 4.61. The summed E-state index contributed by atoms with van der Waals surface area (Å²) in [6, 6.07) is 5.79. The van der Waals surface area contributed by atoms with E-state index in [2.05, 4.69) is 41.5 Å². The minimum absolute atomic E-state index is 0.00696. The van der Waals surface area contributed by atoms with E-state index < -0.39 is 0 Å². The molecule has 0 aliphatic carbocycles. The SMILES string of the molecule is COc1cc(C(=O)CC(C)(C)C)ccc1C(C)(C)C. The zero-order valence-electron chi connectivity index (χ0n) is 13.3. The van der Waals surface area contributed by atoms with Crippen molar-refractivity contribution in [3.8, 4) is 5.75 Å². The lowest BCUT2D eigenvalue weighted by molar-refractivity contribution is 0.0939. The van der Waals surface area contributed by atoms with E-state index in [0.717, 1.165) is 16.9 Å². The maximum atomic E-state index is 12.2. The first-order chi connectivity index (χ1) is 8.54. The Kier molecular flexibility index (Phi) is 4.44. The Morgan fingerprint density at radius 3 is 2.11 bits per heavy atom. The maximum absolute atomic E-state index is 12.2. The fourth-order valence-electron chi connectivity index (χ4n) is 2.07. The molecular formula is C17H26O2. The summed E-state index contributed by atoms with van der Waals surface area (Å²) < 4.78 is 5.44. The number of methoxy groups -OCH3 is 1. The van der Waals surface area contributed by atoms with E-state index in [1.807, 2.05) is 18.2 Å². The summed E-state index contributed by atoms with van der Waals surface area (Å²) in [4.78, 5) is 12.2. The fraction of sp³-hybridized carbons (Fsp3) is 0.588. The van der Waals surface area contributed by atoms with Gasteiger partial charge in [-0.2, -0.15) is 0 Å². The monoisotopic (exact) mass is 262 g/mol. The fourth-order valence-corrected chi connectivity index (χ4v) is 2.07. The molecule has 1 rings (SSSR count). The Morgan fingerprint density at radius 1 is 1.11 bits per heavy atom. The van der Waals surface area contributed by atoms with Crippen molar-refractivity contribution < 1.29 is 9.53 Å². The molecule has 0 aromatic heterocycles. The molecule has 0 saturated carbocycles. The highest BCUT2D eigenvalue weighted by Crippen LogP contribution is 2.33. The highest BCUT2D eigenvalue weighted by atomic mass is 16.5. The maximum Gasteiger partial charge on any atom is 0.163 e. The van der Waals surface area contributed by atoms with Crippen LogP contribution in [0.2, 0.25) is 0 Å². The molecule has 0 heterocycles. The largest absolute Gasteiger partial charge is 0.496 e. The average molecular weight is 262 g/mol. The van der Waals surface area contributed by atoms with Crippen LogP contribution in [0.25, 0.3) is 0 Å². The zero-order valence-corrected chi connectivity index (χ0v) is 13.3. The zero-order chi connectivity index (χ0) is 14.8. The van der Waals surface area contributed by atoms with Gasteiger partial charge >= 0.3 is 0 Å². The summed E-state index contributed by atoms with van der Waals surface area (Å²) in [5.41, 5.74) is 1.88. The minimum atomic E-state index is 0.00696. The van der Waals surface area contributed by atoms with Crippen molar-refractivity contribution in [3.63, 3.8) is 0 Å². The van der Waals surface area contributed by atoms with E-state index in [1.165, 1.54) is 0 Å². The van der Waals surface area contributed by atoms with E-state index >= 15 is 0 Å². The molecule has 2 heteroatoms. The quantitative estimate of drug-likeness (QED) is 0.743. The molecule has 0 amide bonds. The number of ketones is 1. The number of benzene rings is 1.